The van der Waals surface area contributed by atoms with E-state index in [4.69, 9.17) is 0 Å². The summed E-state index contributed by atoms with van der Waals surface area (Å²) in [5.41, 5.74) is 0. The molecule has 13 heavy (non-hydrogen) atoms. The predicted octanol–water partition coefficient (Wildman–Crippen LogP) is 2.37. The number of rotatable bonds is 3. The van der Waals surface area contributed by atoms with Gasteiger partial charge in [-0.25, -0.2) is 4.98 Å². The summed E-state index contributed by atoms with van der Waals surface area (Å²) in [6.07, 6.45) is 1.79. The minimum Gasteiger partial charge on any atom is -0.354 e. The zero-order valence-electron chi connectivity index (χ0n) is 6.40. The minimum atomic E-state index is 0.708. The van der Waals surface area contributed by atoms with Gasteiger partial charge in [0.05, 0.1) is 6.54 Å². The molecular weight excluding hydrogens is 272 g/mol. The van der Waals surface area contributed by atoms with Gasteiger partial charge >= 0.3 is 0 Å². The Hall–Kier alpha value is -0.530. The molecule has 0 atom stereocenters. The van der Waals surface area contributed by atoms with Gasteiger partial charge in [0, 0.05) is 11.6 Å². The molecule has 1 N–H and O–H groups in total. The lowest BCUT2D eigenvalue weighted by Gasteiger charge is -1.95. The van der Waals surface area contributed by atoms with Crippen molar-refractivity contribution in [1.82, 2.24) is 15.2 Å². The largest absolute Gasteiger partial charge is 0.354 e. The summed E-state index contributed by atoms with van der Waals surface area (Å²) in [5, 5.41) is 14.7. The smallest absolute Gasteiger partial charge is 0.206 e. The van der Waals surface area contributed by atoms with Crippen molar-refractivity contribution >= 4 is 43.7 Å². The molecule has 0 aliphatic rings. The van der Waals surface area contributed by atoms with E-state index in [1.807, 2.05) is 5.38 Å². The second-order valence-corrected chi connectivity index (χ2v) is 5.37. The van der Waals surface area contributed by atoms with Crippen molar-refractivity contribution in [2.24, 2.45) is 0 Å². The van der Waals surface area contributed by atoms with Crippen LogP contribution in [0.25, 0.3) is 0 Å². The average molecular weight is 277 g/mol. The summed E-state index contributed by atoms with van der Waals surface area (Å²) >= 11 is 6.33. The zero-order valence-corrected chi connectivity index (χ0v) is 9.62. The number of halogens is 1. The average Bonchev–Trinajstić information content (AvgIpc) is 2.71. The second kappa shape index (κ2) is 4.12. The van der Waals surface area contributed by atoms with Crippen LogP contribution in [0.4, 0.5) is 5.13 Å². The summed E-state index contributed by atoms with van der Waals surface area (Å²) < 4.78 is 0.786. The number of nitrogens with one attached hydrogen (secondary N) is 1. The fourth-order valence-electron chi connectivity index (χ4n) is 0.768. The minimum absolute atomic E-state index is 0.708. The van der Waals surface area contributed by atoms with Gasteiger partial charge < -0.3 is 5.32 Å². The van der Waals surface area contributed by atoms with Crippen molar-refractivity contribution in [2.45, 2.75) is 6.54 Å². The van der Waals surface area contributed by atoms with Crippen LogP contribution in [-0.2, 0) is 6.54 Å². The van der Waals surface area contributed by atoms with Crippen molar-refractivity contribution in [3.8, 4) is 0 Å². The Bertz CT molecular complexity index is 372. The molecule has 7 heteroatoms. The van der Waals surface area contributed by atoms with Gasteiger partial charge in [-0.05, 0) is 15.9 Å². The maximum Gasteiger partial charge on any atom is 0.206 e. The summed E-state index contributed by atoms with van der Waals surface area (Å²) in [6, 6.07) is 0. The fraction of sp³-hybridized carbons (Fsp3) is 0.167. The van der Waals surface area contributed by atoms with Gasteiger partial charge in [0.1, 0.15) is 5.01 Å². The Kier molecular flexibility index (Phi) is 2.87. The predicted molar refractivity (Wildman–Crippen MR) is 57.0 cm³/mol. The molecule has 0 radical (unpaired) electrons. The molecule has 0 bridgehead atoms. The van der Waals surface area contributed by atoms with Crippen LogP contribution in [0.1, 0.15) is 5.01 Å². The monoisotopic (exact) mass is 276 g/mol. The Morgan fingerprint density at radius 2 is 2.38 bits per heavy atom. The molecule has 2 aromatic heterocycles. The maximum atomic E-state index is 4.14. The van der Waals surface area contributed by atoms with Crippen molar-refractivity contribution in [3.05, 3.63) is 20.5 Å². The van der Waals surface area contributed by atoms with Crippen molar-refractivity contribution in [3.63, 3.8) is 0 Å². The first-order valence-corrected chi connectivity index (χ1v) is 5.95. The van der Waals surface area contributed by atoms with Gasteiger partial charge in [-0.15, -0.1) is 21.5 Å². The summed E-state index contributed by atoms with van der Waals surface area (Å²) in [6.45, 7) is 0.708. The van der Waals surface area contributed by atoms with E-state index in [-0.39, 0.29) is 0 Å². The Balaban J connectivity index is 1.93. The van der Waals surface area contributed by atoms with Gasteiger partial charge in [0.25, 0.3) is 0 Å². The fourth-order valence-corrected chi connectivity index (χ4v) is 2.33. The summed E-state index contributed by atoms with van der Waals surface area (Å²) in [5.74, 6) is 0. The molecule has 0 saturated heterocycles. The van der Waals surface area contributed by atoms with Crippen LogP contribution in [0, 0.1) is 0 Å². The van der Waals surface area contributed by atoms with Crippen molar-refractivity contribution < 1.29 is 0 Å². The second-order valence-electron chi connectivity index (χ2n) is 2.14. The highest BCUT2D eigenvalue weighted by Gasteiger charge is 2.01. The molecule has 68 valence electrons. The maximum absolute atomic E-state index is 4.14. The van der Waals surface area contributed by atoms with E-state index in [1.54, 1.807) is 17.5 Å². The third-order valence-corrected chi connectivity index (χ3v) is 3.37. The molecule has 0 saturated carbocycles. The number of anilines is 1. The third-order valence-electron chi connectivity index (χ3n) is 1.27. The molecule has 0 fully saturated rings. The normalized spacial score (nSPS) is 10.2. The number of nitrogens with zero attached hydrogens (tertiary/aromatic N) is 3. The highest BCUT2D eigenvalue weighted by atomic mass is 79.9. The zero-order chi connectivity index (χ0) is 9.10. The van der Waals surface area contributed by atoms with Crippen LogP contribution < -0.4 is 5.32 Å². The van der Waals surface area contributed by atoms with Crippen molar-refractivity contribution in [1.29, 1.82) is 0 Å². The third kappa shape index (κ3) is 2.45. The highest BCUT2D eigenvalue weighted by molar-refractivity contribution is 9.11. The first-order chi connectivity index (χ1) is 6.34. The number of thiazole rings is 1. The first kappa shape index (κ1) is 9.04. The van der Waals surface area contributed by atoms with E-state index in [0.29, 0.717) is 6.54 Å². The Labute approximate surface area is 91.2 Å². The highest BCUT2D eigenvalue weighted by Crippen LogP contribution is 2.20. The van der Waals surface area contributed by atoms with Gasteiger partial charge in [0.15, 0.2) is 3.92 Å². The molecule has 2 aromatic rings. The van der Waals surface area contributed by atoms with Gasteiger partial charge in [0.2, 0.25) is 5.13 Å². The quantitative estimate of drug-likeness (QED) is 0.935. The molecule has 0 aliphatic heterocycles. The van der Waals surface area contributed by atoms with Gasteiger partial charge in [-0.3, -0.25) is 0 Å². The van der Waals surface area contributed by atoms with E-state index in [0.717, 1.165) is 14.1 Å². The van der Waals surface area contributed by atoms with E-state index in [2.05, 4.69) is 36.4 Å². The van der Waals surface area contributed by atoms with Crippen LogP contribution in [0.2, 0.25) is 0 Å². The summed E-state index contributed by atoms with van der Waals surface area (Å²) in [4.78, 5) is 4.14. The Morgan fingerprint density at radius 1 is 1.46 bits per heavy atom. The van der Waals surface area contributed by atoms with Gasteiger partial charge in [-0.2, -0.15) is 0 Å². The van der Waals surface area contributed by atoms with E-state index in [1.165, 1.54) is 11.3 Å². The van der Waals surface area contributed by atoms with E-state index >= 15 is 0 Å². The first-order valence-electron chi connectivity index (χ1n) is 3.46. The molecule has 2 rings (SSSR count). The van der Waals surface area contributed by atoms with Crippen LogP contribution >= 0.6 is 38.6 Å². The topological polar surface area (TPSA) is 50.7 Å². The van der Waals surface area contributed by atoms with E-state index in [9.17, 15) is 0 Å². The number of hydrogen-bond donors (Lipinski definition) is 1. The van der Waals surface area contributed by atoms with Crippen molar-refractivity contribution in [2.75, 3.05) is 5.32 Å². The lowest BCUT2D eigenvalue weighted by atomic mass is 10.7. The van der Waals surface area contributed by atoms with Gasteiger partial charge in [-0.1, -0.05) is 11.3 Å². The SMILES string of the molecule is Brc1nnc(NCc2nccs2)s1. The molecule has 0 aromatic carbocycles. The van der Waals surface area contributed by atoms with Crippen LogP contribution in [0.5, 0.6) is 0 Å². The lowest BCUT2D eigenvalue weighted by Crippen LogP contribution is -1.97. The molecule has 0 aliphatic carbocycles. The lowest BCUT2D eigenvalue weighted by molar-refractivity contribution is 1.03. The molecular formula is C6H5BrN4S2. The molecule has 0 spiro atoms. The molecule has 0 amide bonds. The molecule has 4 nitrogen and oxygen atoms in total. The Morgan fingerprint density at radius 3 is 3.00 bits per heavy atom. The molecule has 0 unspecified atom stereocenters. The standard InChI is InChI=1S/C6H5BrN4S2/c7-5-10-11-6(13-5)9-3-4-8-1-2-12-4/h1-2H,3H2,(H,9,11). The number of aromatic nitrogens is 3. The van der Waals surface area contributed by atoms with E-state index < -0.39 is 0 Å². The number of hydrogen-bond acceptors (Lipinski definition) is 6. The van der Waals surface area contributed by atoms with Crippen LogP contribution in [-0.4, -0.2) is 15.2 Å². The van der Waals surface area contributed by atoms with Crippen LogP contribution in [0.15, 0.2) is 15.5 Å². The molecule has 2 heterocycles. The van der Waals surface area contributed by atoms with Crippen LogP contribution in [0.3, 0.4) is 0 Å². The summed E-state index contributed by atoms with van der Waals surface area (Å²) in [7, 11) is 0.